The zero-order chi connectivity index (χ0) is 24.1. The van der Waals surface area contributed by atoms with Crippen LogP contribution in [0.1, 0.15) is 35.7 Å². The Morgan fingerprint density at radius 1 is 0.882 bits per heavy atom. The number of anilines is 3. The van der Waals surface area contributed by atoms with E-state index in [1.807, 2.05) is 30.3 Å². The van der Waals surface area contributed by atoms with Gasteiger partial charge in [-0.25, -0.2) is 4.90 Å². The minimum Gasteiger partial charge on any atom is -0.350 e. The van der Waals surface area contributed by atoms with Gasteiger partial charge in [-0.05, 0) is 60.9 Å². The summed E-state index contributed by atoms with van der Waals surface area (Å²) in [5, 5.41) is 5.54. The van der Waals surface area contributed by atoms with Crippen molar-refractivity contribution in [1.29, 1.82) is 0 Å². The monoisotopic (exact) mass is 473 g/mol. The third-order valence-electron chi connectivity index (χ3n) is 5.47. The summed E-state index contributed by atoms with van der Waals surface area (Å²) in [6.07, 6.45) is 3.11. The molecule has 0 unspecified atom stereocenters. The van der Waals surface area contributed by atoms with Crippen LogP contribution in [0.2, 0.25) is 0 Å². The van der Waals surface area contributed by atoms with Gasteiger partial charge in [0.05, 0.1) is 5.69 Å². The van der Waals surface area contributed by atoms with Crippen molar-refractivity contribution in [2.24, 2.45) is 0 Å². The van der Waals surface area contributed by atoms with Crippen molar-refractivity contribution < 1.29 is 14.4 Å². The first-order valence-electron chi connectivity index (χ1n) is 11.1. The molecule has 7 heteroatoms. The van der Waals surface area contributed by atoms with E-state index in [-0.39, 0.29) is 16.6 Å². The van der Waals surface area contributed by atoms with Gasteiger partial charge in [0.2, 0.25) is 0 Å². The lowest BCUT2D eigenvalue weighted by Gasteiger charge is -2.16. The molecular formula is C27H24ClN3O3. The quantitative estimate of drug-likeness (QED) is 0.410. The minimum absolute atomic E-state index is 0.0256. The van der Waals surface area contributed by atoms with Crippen LogP contribution in [0.3, 0.4) is 0 Å². The first-order valence-corrected chi connectivity index (χ1v) is 11.5. The lowest BCUT2D eigenvalue weighted by molar-refractivity contribution is -0.120. The van der Waals surface area contributed by atoms with Gasteiger partial charge in [0.15, 0.2) is 0 Å². The molecule has 0 spiro atoms. The van der Waals surface area contributed by atoms with E-state index in [2.05, 4.69) is 17.6 Å². The van der Waals surface area contributed by atoms with Crippen molar-refractivity contribution in [1.82, 2.24) is 0 Å². The lowest BCUT2D eigenvalue weighted by Crippen LogP contribution is -2.32. The number of carbonyl (C=O) groups excluding carboxylic acids is 3. The minimum atomic E-state index is -0.589. The van der Waals surface area contributed by atoms with Crippen LogP contribution in [0.15, 0.2) is 89.6 Å². The Hall–Kier alpha value is -3.90. The van der Waals surface area contributed by atoms with Gasteiger partial charge in [0.1, 0.15) is 10.7 Å². The van der Waals surface area contributed by atoms with Crippen molar-refractivity contribution in [3.05, 3.63) is 101 Å². The van der Waals surface area contributed by atoms with E-state index < -0.39 is 11.8 Å². The van der Waals surface area contributed by atoms with Gasteiger partial charge in [-0.15, -0.1) is 0 Å². The fraction of sp³-hybridized carbons (Fsp3) is 0.148. The summed E-state index contributed by atoms with van der Waals surface area (Å²) >= 11 is 6.25. The van der Waals surface area contributed by atoms with E-state index in [1.54, 1.807) is 48.5 Å². The summed E-state index contributed by atoms with van der Waals surface area (Å²) < 4.78 is 0. The molecule has 34 heavy (non-hydrogen) atoms. The molecule has 0 fully saturated rings. The molecule has 0 aromatic heterocycles. The molecule has 3 amide bonds. The molecule has 0 radical (unpaired) electrons. The van der Waals surface area contributed by atoms with Crippen LogP contribution in [-0.2, 0) is 16.0 Å². The van der Waals surface area contributed by atoms with Gasteiger partial charge in [-0.1, -0.05) is 61.3 Å². The zero-order valence-electron chi connectivity index (χ0n) is 18.7. The summed E-state index contributed by atoms with van der Waals surface area (Å²) in [5.41, 5.74) is 3.11. The Bertz CT molecular complexity index is 1250. The maximum absolute atomic E-state index is 13.1. The second-order valence-electron chi connectivity index (χ2n) is 7.93. The number of imide groups is 1. The standard InChI is InChI=1S/C27H24ClN3O3/c1-2-3-8-18-13-15-22(16-14-18)31-26(33)23(28)24(27(31)34)29-21-12-7-9-19(17-21)25(32)30-20-10-5-4-6-11-20/h4-7,9-17,29H,2-3,8H2,1H3,(H,30,32). The van der Waals surface area contributed by atoms with Crippen LogP contribution in [0.25, 0.3) is 0 Å². The van der Waals surface area contributed by atoms with Gasteiger partial charge in [0, 0.05) is 16.9 Å². The highest BCUT2D eigenvalue weighted by molar-refractivity contribution is 6.53. The van der Waals surface area contributed by atoms with Crippen molar-refractivity contribution in [2.75, 3.05) is 15.5 Å². The third kappa shape index (κ3) is 5.02. The molecule has 0 bridgehead atoms. The number of nitrogens with zero attached hydrogens (tertiary/aromatic N) is 1. The summed E-state index contributed by atoms with van der Waals surface area (Å²) in [5.74, 6) is -1.43. The first-order chi connectivity index (χ1) is 16.5. The molecule has 0 saturated heterocycles. The van der Waals surface area contributed by atoms with Crippen LogP contribution >= 0.6 is 11.6 Å². The predicted molar refractivity (Wildman–Crippen MR) is 135 cm³/mol. The number of rotatable bonds is 8. The Morgan fingerprint density at radius 3 is 2.29 bits per heavy atom. The molecular weight excluding hydrogens is 450 g/mol. The van der Waals surface area contributed by atoms with Crippen LogP contribution in [0.5, 0.6) is 0 Å². The van der Waals surface area contributed by atoms with E-state index in [1.165, 1.54) is 0 Å². The molecule has 6 nitrogen and oxygen atoms in total. The number of para-hydroxylation sites is 1. The van der Waals surface area contributed by atoms with Crippen molar-refractivity contribution >= 4 is 46.4 Å². The van der Waals surface area contributed by atoms with Crippen molar-refractivity contribution in [2.45, 2.75) is 26.2 Å². The molecule has 0 atom stereocenters. The number of hydrogen-bond acceptors (Lipinski definition) is 4. The van der Waals surface area contributed by atoms with E-state index in [9.17, 15) is 14.4 Å². The SMILES string of the molecule is CCCCc1ccc(N2C(=O)C(Cl)=C(Nc3cccc(C(=O)Nc4ccccc4)c3)C2=O)cc1. The third-order valence-corrected chi connectivity index (χ3v) is 5.82. The normalized spacial score (nSPS) is 13.4. The topological polar surface area (TPSA) is 78.5 Å². The van der Waals surface area contributed by atoms with Crippen LogP contribution in [0.4, 0.5) is 17.1 Å². The lowest BCUT2D eigenvalue weighted by atomic mass is 10.1. The maximum Gasteiger partial charge on any atom is 0.283 e. The van der Waals surface area contributed by atoms with Crippen molar-refractivity contribution in [3.63, 3.8) is 0 Å². The van der Waals surface area contributed by atoms with Gasteiger partial charge in [0.25, 0.3) is 17.7 Å². The highest BCUT2D eigenvalue weighted by Gasteiger charge is 2.39. The molecule has 1 aliphatic heterocycles. The molecule has 0 saturated carbocycles. The highest BCUT2D eigenvalue weighted by Crippen LogP contribution is 2.30. The average molecular weight is 474 g/mol. The average Bonchev–Trinajstić information content (AvgIpc) is 3.07. The number of nitrogens with one attached hydrogen (secondary N) is 2. The van der Waals surface area contributed by atoms with E-state index in [0.29, 0.717) is 22.6 Å². The Balaban J connectivity index is 1.49. The molecule has 1 heterocycles. The molecule has 1 aliphatic rings. The highest BCUT2D eigenvalue weighted by atomic mass is 35.5. The van der Waals surface area contributed by atoms with Crippen LogP contribution < -0.4 is 15.5 Å². The molecule has 3 aromatic rings. The summed E-state index contributed by atoms with van der Waals surface area (Å²) in [6.45, 7) is 2.13. The molecule has 4 rings (SSSR count). The number of benzene rings is 3. The summed E-state index contributed by atoms with van der Waals surface area (Å²) in [6, 6.07) is 23.1. The van der Waals surface area contributed by atoms with E-state index in [0.717, 1.165) is 29.7 Å². The number of halogens is 1. The Morgan fingerprint density at radius 2 is 1.59 bits per heavy atom. The predicted octanol–water partition coefficient (Wildman–Crippen LogP) is 5.72. The Labute approximate surface area is 203 Å². The van der Waals surface area contributed by atoms with E-state index >= 15 is 0 Å². The Kier molecular flexibility index (Phi) is 7.09. The fourth-order valence-corrected chi connectivity index (χ4v) is 3.86. The summed E-state index contributed by atoms with van der Waals surface area (Å²) in [4.78, 5) is 39.5. The number of unbranched alkanes of at least 4 members (excludes halogenated alkanes) is 1. The molecule has 2 N–H and O–H groups in total. The van der Waals surface area contributed by atoms with Gasteiger partial charge in [-0.3, -0.25) is 14.4 Å². The van der Waals surface area contributed by atoms with Gasteiger partial charge >= 0.3 is 0 Å². The molecule has 3 aromatic carbocycles. The van der Waals surface area contributed by atoms with Gasteiger partial charge < -0.3 is 10.6 Å². The number of carbonyl (C=O) groups is 3. The number of amides is 3. The first kappa shape index (κ1) is 23.3. The van der Waals surface area contributed by atoms with Gasteiger partial charge in [-0.2, -0.15) is 0 Å². The second kappa shape index (κ2) is 10.4. The smallest absolute Gasteiger partial charge is 0.283 e. The number of hydrogen-bond donors (Lipinski definition) is 2. The second-order valence-corrected chi connectivity index (χ2v) is 8.31. The maximum atomic E-state index is 13.1. The molecule has 0 aliphatic carbocycles. The fourth-order valence-electron chi connectivity index (χ4n) is 3.65. The largest absolute Gasteiger partial charge is 0.350 e. The van der Waals surface area contributed by atoms with Crippen molar-refractivity contribution in [3.8, 4) is 0 Å². The molecule has 172 valence electrons. The van der Waals surface area contributed by atoms with Crippen LogP contribution in [-0.4, -0.2) is 17.7 Å². The number of aryl methyl sites for hydroxylation is 1. The zero-order valence-corrected chi connectivity index (χ0v) is 19.4. The van der Waals surface area contributed by atoms with Crippen LogP contribution in [0, 0.1) is 0 Å². The van der Waals surface area contributed by atoms with E-state index in [4.69, 9.17) is 11.6 Å². The summed E-state index contributed by atoms with van der Waals surface area (Å²) in [7, 11) is 0.